The molecule has 0 amide bonds. The van der Waals surface area contributed by atoms with E-state index in [2.05, 4.69) is 15.3 Å². The van der Waals surface area contributed by atoms with Crippen molar-refractivity contribution in [2.24, 2.45) is 5.11 Å². The lowest BCUT2D eigenvalue weighted by Crippen LogP contribution is -2.31. The molecule has 0 radical (unpaired) electrons. The van der Waals surface area contributed by atoms with Crippen molar-refractivity contribution in [2.75, 3.05) is 20.2 Å². The minimum atomic E-state index is -0.757. The summed E-state index contributed by atoms with van der Waals surface area (Å²) in [6, 6.07) is 4.25. The molecule has 0 aliphatic carbocycles. The highest BCUT2D eigenvalue weighted by atomic mass is 35.5. The molecular weight excluding hydrogens is 303 g/mol. The number of carbonyl (C=O) groups excluding carboxylic acids is 1. The Labute approximate surface area is 126 Å². The Balaban J connectivity index is 2.84. The van der Waals surface area contributed by atoms with E-state index in [4.69, 9.17) is 33.5 Å². The third-order valence-corrected chi connectivity index (χ3v) is 3.23. The van der Waals surface area contributed by atoms with Crippen molar-refractivity contribution in [1.29, 1.82) is 0 Å². The Kier molecular flexibility index (Phi) is 7.18. The van der Waals surface area contributed by atoms with Crippen LogP contribution in [-0.2, 0) is 9.53 Å². The molecule has 0 aromatic heterocycles. The van der Waals surface area contributed by atoms with Crippen LogP contribution in [0.3, 0.4) is 0 Å². The first-order valence-electron chi connectivity index (χ1n) is 5.87. The van der Waals surface area contributed by atoms with E-state index in [1.54, 1.807) is 18.2 Å². The average Bonchev–Trinajstić information content (AvgIpc) is 2.44. The number of carbonyl (C=O) groups is 1. The maximum atomic E-state index is 11.9. The lowest BCUT2D eigenvalue weighted by Gasteiger charge is -2.19. The Morgan fingerprint density at radius 3 is 2.70 bits per heavy atom. The van der Waals surface area contributed by atoms with Crippen molar-refractivity contribution in [3.05, 3.63) is 44.3 Å². The van der Waals surface area contributed by atoms with Crippen molar-refractivity contribution < 1.29 is 9.53 Å². The first-order chi connectivity index (χ1) is 9.61. The van der Waals surface area contributed by atoms with E-state index in [0.29, 0.717) is 35.1 Å². The zero-order valence-corrected chi connectivity index (χ0v) is 12.4. The van der Waals surface area contributed by atoms with Gasteiger partial charge >= 0.3 is 5.97 Å². The van der Waals surface area contributed by atoms with Crippen LogP contribution in [0.5, 0.6) is 0 Å². The molecule has 1 atom stereocenters. The van der Waals surface area contributed by atoms with Gasteiger partial charge in [-0.1, -0.05) is 34.4 Å². The van der Waals surface area contributed by atoms with Crippen LogP contribution < -0.4 is 5.32 Å². The number of benzene rings is 1. The fourth-order valence-corrected chi connectivity index (χ4v) is 2.26. The van der Waals surface area contributed by atoms with Gasteiger partial charge in [0.1, 0.15) is 6.04 Å². The molecule has 0 fully saturated rings. The van der Waals surface area contributed by atoms with E-state index in [-0.39, 0.29) is 0 Å². The van der Waals surface area contributed by atoms with Crippen LogP contribution in [0.15, 0.2) is 23.3 Å². The van der Waals surface area contributed by atoms with E-state index in [1.165, 1.54) is 7.11 Å². The van der Waals surface area contributed by atoms with Crippen LogP contribution in [-0.4, -0.2) is 26.2 Å². The van der Waals surface area contributed by atoms with Crippen molar-refractivity contribution >= 4 is 29.2 Å². The summed E-state index contributed by atoms with van der Waals surface area (Å²) in [7, 11) is 1.29. The molecule has 6 nitrogen and oxygen atoms in total. The van der Waals surface area contributed by atoms with Gasteiger partial charge in [0.15, 0.2) is 0 Å². The van der Waals surface area contributed by atoms with E-state index in [0.717, 1.165) is 0 Å². The fraction of sp³-hybridized carbons (Fsp3) is 0.417. The van der Waals surface area contributed by atoms with Crippen LogP contribution in [0, 0.1) is 0 Å². The highest BCUT2D eigenvalue weighted by Crippen LogP contribution is 2.30. The first kappa shape index (κ1) is 16.6. The summed E-state index contributed by atoms with van der Waals surface area (Å²) in [5.41, 5.74) is 8.66. The maximum absolute atomic E-state index is 11.9. The molecule has 1 rings (SSSR count). The summed E-state index contributed by atoms with van der Waals surface area (Å²) in [5, 5.41) is 7.18. The smallest absolute Gasteiger partial charge is 0.327 e. The summed E-state index contributed by atoms with van der Waals surface area (Å²) in [6.45, 7) is 0.800. The third kappa shape index (κ3) is 4.58. The lowest BCUT2D eigenvalue weighted by molar-refractivity contribution is -0.143. The summed E-state index contributed by atoms with van der Waals surface area (Å²) in [6.07, 6.45) is 0.583. The number of ether oxygens (including phenoxy) is 1. The second kappa shape index (κ2) is 8.66. The average molecular weight is 317 g/mol. The molecule has 108 valence electrons. The van der Waals surface area contributed by atoms with Gasteiger partial charge in [-0.15, -0.1) is 0 Å². The van der Waals surface area contributed by atoms with Gasteiger partial charge in [-0.05, 0) is 30.6 Å². The first-order valence-corrected chi connectivity index (χ1v) is 6.63. The topological polar surface area (TPSA) is 87.1 Å². The molecular formula is C12H14Cl2N4O2. The highest BCUT2D eigenvalue weighted by Gasteiger charge is 2.25. The molecule has 8 heteroatoms. The predicted molar refractivity (Wildman–Crippen MR) is 77.9 cm³/mol. The molecule has 0 spiro atoms. The Morgan fingerprint density at radius 1 is 1.50 bits per heavy atom. The highest BCUT2D eigenvalue weighted by molar-refractivity contribution is 6.36. The number of methoxy groups -OCH3 is 1. The second-order valence-electron chi connectivity index (χ2n) is 3.85. The number of esters is 1. The van der Waals surface area contributed by atoms with Crippen LogP contribution in [0.2, 0.25) is 10.0 Å². The summed E-state index contributed by atoms with van der Waals surface area (Å²) in [5.74, 6) is -0.483. The number of rotatable bonds is 7. The van der Waals surface area contributed by atoms with Crippen LogP contribution in [0.1, 0.15) is 18.0 Å². The fourth-order valence-electron chi connectivity index (χ4n) is 1.65. The molecule has 0 saturated heterocycles. The van der Waals surface area contributed by atoms with Gasteiger partial charge in [0.25, 0.3) is 0 Å². The largest absolute Gasteiger partial charge is 0.468 e. The molecule has 20 heavy (non-hydrogen) atoms. The number of halogens is 2. The van der Waals surface area contributed by atoms with Crippen LogP contribution in [0.4, 0.5) is 0 Å². The molecule has 0 saturated carbocycles. The van der Waals surface area contributed by atoms with Gasteiger partial charge in [-0.25, -0.2) is 4.79 Å². The lowest BCUT2D eigenvalue weighted by atomic mass is 10.1. The van der Waals surface area contributed by atoms with Crippen molar-refractivity contribution in [3.8, 4) is 0 Å². The maximum Gasteiger partial charge on any atom is 0.327 e. The molecule has 1 aromatic carbocycles. The zero-order chi connectivity index (χ0) is 15.0. The van der Waals surface area contributed by atoms with Gasteiger partial charge in [0.05, 0.1) is 7.11 Å². The van der Waals surface area contributed by atoms with Crippen molar-refractivity contribution in [1.82, 2.24) is 5.32 Å². The van der Waals surface area contributed by atoms with Gasteiger partial charge < -0.3 is 10.1 Å². The normalized spacial score (nSPS) is 11.6. The third-order valence-electron chi connectivity index (χ3n) is 2.57. The van der Waals surface area contributed by atoms with E-state index in [1.807, 2.05) is 0 Å². The van der Waals surface area contributed by atoms with Crippen LogP contribution in [0.25, 0.3) is 10.4 Å². The Bertz CT molecular complexity index is 498. The zero-order valence-electron chi connectivity index (χ0n) is 10.8. The monoisotopic (exact) mass is 316 g/mol. The number of hydrogen-bond acceptors (Lipinski definition) is 4. The molecule has 0 heterocycles. The van der Waals surface area contributed by atoms with Crippen molar-refractivity contribution in [3.63, 3.8) is 0 Å². The van der Waals surface area contributed by atoms with Gasteiger partial charge in [-0.3, -0.25) is 0 Å². The van der Waals surface area contributed by atoms with Gasteiger partial charge in [0, 0.05) is 27.1 Å². The molecule has 0 aliphatic heterocycles. The van der Waals surface area contributed by atoms with E-state index in [9.17, 15) is 4.79 Å². The summed E-state index contributed by atoms with van der Waals surface area (Å²) < 4.78 is 4.75. The molecule has 1 aromatic rings. The predicted octanol–water partition coefficient (Wildman–Crippen LogP) is 3.50. The number of azide groups is 1. The van der Waals surface area contributed by atoms with Crippen LogP contribution >= 0.6 is 23.2 Å². The standard InChI is InChI=1S/C12H14Cl2N4O2/c1-20-12(19)11(16-6-3-7-17-18-15)10-8(13)4-2-5-9(10)14/h2,4-5,11,16H,3,6-7H2,1H3. The number of hydrogen-bond donors (Lipinski definition) is 1. The van der Waals surface area contributed by atoms with Gasteiger partial charge in [-0.2, -0.15) is 0 Å². The number of nitrogens with zero attached hydrogens (tertiary/aromatic N) is 3. The minimum Gasteiger partial charge on any atom is -0.468 e. The number of nitrogens with one attached hydrogen (secondary N) is 1. The van der Waals surface area contributed by atoms with Crippen molar-refractivity contribution in [2.45, 2.75) is 12.5 Å². The Hall–Kier alpha value is -1.46. The molecule has 0 aliphatic rings. The van der Waals surface area contributed by atoms with Gasteiger partial charge in [0.2, 0.25) is 0 Å². The summed E-state index contributed by atoms with van der Waals surface area (Å²) >= 11 is 12.2. The molecule has 1 unspecified atom stereocenters. The summed E-state index contributed by atoms with van der Waals surface area (Å²) in [4.78, 5) is 14.5. The SMILES string of the molecule is COC(=O)C(NCCCN=[N+]=[N-])c1c(Cl)cccc1Cl. The van der Waals surface area contributed by atoms with E-state index >= 15 is 0 Å². The minimum absolute atomic E-state index is 0.341. The Morgan fingerprint density at radius 2 is 2.15 bits per heavy atom. The molecule has 1 N–H and O–H groups in total. The quantitative estimate of drug-likeness (QED) is 0.274. The second-order valence-corrected chi connectivity index (χ2v) is 4.67. The van der Waals surface area contributed by atoms with E-state index < -0.39 is 12.0 Å². The molecule has 0 bridgehead atoms.